The Hall–Kier alpha value is -2.10. The second-order valence-corrected chi connectivity index (χ2v) is 7.35. The number of carbonyl (C=O) groups excluding carboxylic acids is 1. The highest BCUT2D eigenvalue weighted by molar-refractivity contribution is 5.77. The Balaban J connectivity index is 1.61. The number of rotatable bonds is 5. The van der Waals surface area contributed by atoms with Crippen LogP contribution in [0.1, 0.15) is 47.3 Å². The summed E-state index contributed by atoms with van der Waals surface area (Å²) in [6.45, 7) is 7.12. The monoisotopic (exact) mass is 339 g/mol. The molecule has 4 heteroatoms. The van der Waals surface area contributed by atoms with Crippen molar-refractivity contribution in [3.05, 3.63) is 52.3 Å². The fraction of sp³-hybridized carbons (Fsp3) is 0.524. The van der Waals surface area contributed by atoms with Crippen LogP contribution < -0.4 is 0 Å². The number of hydrogen-bond acceptors (Lipinski definition) is 2. The zero-order chi connectivity index (χ0) is 18.0. The first-order valence-corrected chi connectivity index (χ1v) is 9.30. The first-order valence-electron chi connectivity index (χ1n) is 9.30. The van der Waals surface area contributed by atoms with E-state index >= 15 is 0 Å². The maximum Gasteiger partial charge on any atom is 0.223 e. The SMILES string of the molecule is Cc1ccc(C[C@@H]2CCCN2C(=O)CCc2c(C)nn(C)c2C)cc1. The summed E-state index contributed by atoms with van der Waals surface area (Å²) >= 11 is 0. The molecule has 1 atom stereocenters. The number of aromatic nitrogens is 2. The molecular weight excluding hydrogens is 310 g/mol. The molecule has 25 heavy (non-hydrogen) atoms. The zero-order valence-corrected chi connectivity index (χ0v) is 15.9. The standard InChI is InChI=1S/C21H29N3O/c1-15-7-9-18(10-8-15)14-19-6-5-13-24(19)21(25)12-11-20-16(2)22-23(4)17(20)3/h7-10,19H,5-6,11-14H2,1-4H3/t19-/m0/s1. The topological polar surface area (TPSA) is 38.1 Å². The lowest BCUT2D eigenvalue weighted by Crippen LogP contribution is -2.37. The molecule has 0 N–H and O–H groups in total. The van der Waals surface area contributed by atoms with Crippen molar-refractivity contribution >= 4 is 5.91 Å². The van der Waals surface area contributed by atoms with Crippen molar-refractivity contribution in [2.45, 2.75) is 58.9 Å². The maximum atomic E-state index is 12.8. The average molecular weight is 339 g/mol. The van der Waals surface area contributed by atoms with Gasteiger partial charge in [-0.15, -0.1) is 0 Å². The fourth-order valence-corrected chi connectivity index (χ4v) is 3.93. The van der Waals surface area contributed by atoms with Crippen molar-refractivity contribution < 1.29 is 4.79 Å². The summed E-state index contributed by atoms with van der Waals surface area (Å²) in [6, 6.07) is 9.05. The van der Waals surface area contributed by atoms with Gasteiger partial charge in [-0.1, -0.05) is 29.8 Å². The van der Waals surface area contributed by atoms with Crippen LogP contribution in [0, 0.1) is 20.8 Å². The molecule has 1 amide bonds. The lowest BCUT2D eigenvalue weighted by atomic mass is 10.0. The van der Waals surface area contributed by atoms with Crippen LogP contribution in [0.2, 0.25) is 0 Å². The number of amides is 1. The predicted octanol–water partition coefficient (Wildman–Crippen LogP) is 3.51. The van der Waals surface area contributed by atoms with Gasteiger partial charge in [0, 0.05) is 31.7 Å². The zero-order valence-electron chi connectivity index (χ0n) is 15.9. The maximum absolute atomic E-state index is 12.8. The van der Waals surface area contributed by atoms with Gasteiger partial charge in [0.25, 0.3) is 0 Å². The molecule has 2 heterocycles. The smallest absolute Gasteiger partial charge is 0.223 e. The largest absolute Gasteiger partial charge is 0.339 e. The number of nitrogens with zero attached hydrogens (tertiary/aromatic N) is 3. The number of likely N-dealkylation sites (tertiary alicyclic amines) is 1. The van der Waals surface area contributed by atoms with Crippen LogP contribution >= 0.6 is 0 Å². The van der Waals surface area contributed by atoms with E-state index in [9.17, 15) is 4.79 Å². The lowest BCUT2D eigenvalue weighted by molar-refractivity contribution is -0.131. The third-order valence-corrected chi connectivity index (χ3v) is 5.54. The normalized spacial score (nSPS) is 17.3. The molecule has 1 aliphatic heterocycles. The second kappa shape index (κ2) is 7.42. The van der Waals surface area contributed by atoms with Gasteiger partial charge in [0.2, 0.25) is 5.91 Å². The highest BCUT2D eigenvalue weighted by Crippen LogP contribution is 2.23. The van der Waals surface area contributed by atoms with E-state index in [1.165, 1.54) is 22.4 Å². The predicted molar refractivity (Wildman–Crippen MR) is 101 cm³/mol. The van der Waals surface area contributed by atoms with Gasteiger partial charge >= 0.3 is 0 Å². The molecule has 4 nitrogen and oxygen atoms in total. The van der Waals surface area contributed by atoms with E-state index in [2.05, 4.69) is 48.1 Å². The molecule has 1 aromatic heterocycles. The van der Waals surface area contributed by atoms with Crippen molar-refractivity contribution in [1.29, 1.82) is 0 Å². The highest BCUT2D eigenvalue weighted by atomic mass is 16.2. The Morgan fingerprint density at radius 2 is 1.92 bits per heavy atom. The Morgan fingerprint density at radius 1 is 1.20 bits per heavy atom. The van der Waals surface area contributed by atoms with Gasteiger partial charge in [-0.05, 0) is 57.6 Å². The van der Waals surface area contributed by atoms with Crippen LogP contribution in [0.5, 0.6) is 0 Å². The molecule has 1 aliphatic rings. The van der Waals surface area contributed by atoms with Crippen molar-refractivity contribution in [2.24, 2.45) is 7.05 Å². The Kier molecular flexibility index (Phi) is 5.26. The van der Waals surface area contributed by atoms with Crippen LogP contribution in [0.3, 0.4) is 0 Å². The minimum absolute atomic E-state index is 0.289. The molecule has 0 radical (unpaired) electrons. The quantitative estimate of drug-likeness (QED) is 0.836. The van der Waals surface area contributed by atoms with E-state index in [1.54, 1.807) is 0 Å². The number of aryl methyl sites for hydroxylation is 3. The van der Waals surface area contributed by atoms with E-state index in [-0.39, 0.29) is 5.91 Å². The van der Waals surface area contributed by atoms with Crippen molar-refractivity contribution in [1.82, 2.24) is 14.7 Å². The first kappa shape index (κ1) is 17.7. The third kappa shape index (κ3) is 3.94. The van der Waals surface area contributed by atoms with E-state index in [1.807, 2.05) is 18.7 Å². The van der Waals surface area contributed by atoms with Crippen molar-refractivity contribution in [3.8, 4) is 0 Å². The number of benzene rings is 1. The summed E-state index contributed by atoms with van der Waals surface area (Å²) < 4.78 is 1.91. The van der Waals surface area contributed by atoms with Gasteiger partial charge in [-0.2, -0.15) is 5.10 Å². The van der Waals surface area contributed by atoms with Gasteiger partial charge in [0.1, 0.15) is 0 Å². The fourth-order valence-electron chi connectivity index (χ4n) is 3.93. The van der Waals surface area contributed by atoms with Crippen LogP contribution in [-0.2, 0) is 24.7 Å². The van der Waals surface area contributed by atoms with Crippen LogP contribution in [0.15, 0.2) is 24.3 Å². The minimum atomic E-state index is 0.289. The van der Waals surface area contributed by atoms with Crippen molar-refractivity contribution in [3.63, 3.8) is 0 Å². The van der Waals surface area contributed by atoms with Crippen molar-refractivity contribution in [2.75, 3.05) is 6.54 Å². The summed E-state index contributed by atoms with van der Waals surface area (Å²) in [7, 11) is 1.96. The minimum Gasteiger partial charge on any atom is -0.339 e. The first-order chi connectivity index (χ1) is 12.0. The van der Waals surface area contributed by atoms with E-state index in [0.717, 1.165) is 37.9 Å². The Bertz CT molecular complexity index is 745. The molecule has 0 aliphatic carbocycles. The highest BCUT2D eigenvalue weighted by Gasteiger charge is 2.28. The molecule has 2 aromatic rings. The molecule has 1 aromatic carbocycles. The molecule has 0 spiro atoms. The molecular formula is C21H29N3O. The van der Waals surface area contributed by atoms with Crippen LogP contribution in [0.25, 0.3) is 0 Å². The van der Waals surface area contributed by atoms with E-state index in [4.69, 9.17) is 0 Å². The molecule has 0 bridgehead atoms. The summed E-state index contributed by atoms with van der Waals surface area (Å²) in [4.78, 5) is 14.9. The third-order valence-electron chi connectivity index (χ3n) is 5.54. The van der Waals surface area contributed by atoms with E-state index in [0.29, 0.717) is 12.5 Å². The Morgan fingerprint density at radius 3 is 2.56 bits per heavy atom. The van der Waals surface area contributed by atoms with Crippen LogP contribution in [-0.4, -0.2) is 33.2 Å². The molecule has 1 fully saturated rings. The summed E-state index contributed by atoms with van der Waals surface area (Å²) in [5.74, 6) is 0.289. The Labute approximate surface area is 150 Å². The summed E-state index contributed by atoms with van der Waals surface area (Å²) in [5, 5.41) is 4.46. The average Bonchev–Trinajstić information content (AvgIpc) is 3.13. The van der Waals surface area contributed by atoms with Gasteiger partial charge in [0.05, 0.1) is 5.69 Å². The van der Waals surface area contributed by atoms with Gasteiger partial charge < -0.3 is 4.90 Å². The molecule has 0 unspecified atom stereocenters. The summed E-state index contributed by atoms with van der Waals surface area (Å²) in [5.41, 5.74) is 6.05. The molecule has 1 saturated heterocycles. The molecule has 134 valence electrons. The number of carbonyl (C=O) groups is 1. The van der Waals surface area contributed by atoms with E-state index < -0.39 is 0 Å². The van der Waals surface area contributed by atoms with Crippen LogP contribution in [0.4, 0.5) is 0 Å². The van der Waals surface area contributed by atoms with Gasteiger partial charge in [-0.3, -0.25) is 9.48 Å². The number of hydrogen-bond donors (Lipinski definition) is 0. The molecule has 3 rings (SSSR count). The van der Waals surface area contributed by atoms with Gasteiger partial charge in [-0.25, -0.2) is 0 Å². The second-order valence-electron chi connectivity index (χ2n) is 7.35. The molecule has 0 saturated carbocycles. The van der Waals surface area contributed by atoms with Gasteiger partial charge in [0.15, 0.2) is 0 Å². The summed E-state index contributed by atoms with van der Waals surface area (Å²) in [6.07, 6.45) is 4.57. The lowest BCUT2D eigenvalue weighted by Gasteiger charge is -2.25.